The molecular weight excluding hydrogens is 240 g/mol. The summed E-state index contributed by atoms with van der Waals surface area (Å²) in [5.41, 5.74) is 0.391. The zero-order chi connectivity index (χ0) is 10.6. The Hall–Kier alpha value is 0.140. The van der Waals surface area contributed by atoms with Gasteiger partial charge in [0, 0.05) is 23.1 Å². The monoisotopic (exact) mass is 260 g/mol. The maximum Gasteiger partial charge on any atom is 0.0328 e. The van der Waals surface area contributed by atoms with E-state index in [1.54, 1.807) is 0 Å². The molecular formula is C11H21BrN2. The first kappa shape index (κ1) is 12.2. The lowest BCUT2D eigenvalue weighted by Crippen LogP contribution is -2.49. The van der Waals surface area contributed by atoms with Gasteiger partial charge in [-0.05, 0) is 26.9 Å². The number of nitrogens with zero attached hydrogens (tertiary/aromatic N) is 1. The van der Waals surface area contributed by atoms with Crippen molar-refractivity contribution in [1.82, 2.24) is 10.2 Å². The van der Waals surface area contributed by atoms with E-state index < -0.39 is 0 Å². The van der Waals surface area contributed by atoms with E-state index >= 15 is 0 Å². The Morgan fingerprint density at radius 2 is 2.00 bits per heavy atom. The van der Waals surface area contributed by atoms with Crippen LogP contribution in [0.4, 0.5) is 0 Å². The van der Waals surface area contributed by atoms with Gasteiger partial charge < -0.3 is 10.2 Å². The van der Waals surface area contributed by atoms with Gasteiger partial charge in [0.2, 0.25) is 0 Å². The first-order chi connectivity index (χ1) is 6.57. The lowest BCUT2D eigenvalue weighted by atomic mass is 9.96. The minimum absolute atomic E-state index is 0.391. The van der Waals surface area contributed by atoms with Crippen LogP contribution < -0.4 is 5.32 Å². The van der Waals surface area contributed by atoms with Crippen molar-refractivity contribution in [2.45, 2.75) is 31.2 Å². The van der Waals surface area contributed by atoms with Gasteiger partial charge in [-0.3, -0.25) is 0 Å². The van der Waals surface area contributed by atoms with Gasteiger partial charge in [0.25, 0.3) is 0 Å². The van der Waals surface area contributed by atoms with Crippen LogP contribution in [-0.2, 0) is 0 Å². The molecule has 0 heterocycles. The molecule has 1 saturated carbocycles. The van der Waals surface area contributed by atoms with E-state index in [0.717, 1.165) is 17.6 Å². The number of nitrogens with one attached hydrogen (secondary N) is 1. The molecule has 0 unspecified atom stereocenters. The maximum absolute atomic E-state index is 3.83. The molecule has 14 heavy (non-hydrogen) atoms. The standard InChI is InChI=1S/C11H21BrN2/c1-10(12)8-13-9-11(14(2)3)6-4-5-7-11/h13H,1,4-9H2,2-3H3. The second-order valence-corrected chi connectivity index (χ2v) is 5.57. The van der Waals surface area contributed by atoms with Gasteiger partial charge in [-0.15, -0.1) is 0 Å². The summed E-state index contributed by atoms with van der Waals surface area (Å²) in [7, 11) is 4.38. The van der Waals surface area contributed by atoms with Crippen LogP contribution in [0.25, 0.3) is 0 Å². The summed E-state index contributed by atoms with van der Waals surface area (Å²) in [6.07, 6.45) is 5.38. The molecule has 0 atom stereocenters. The molecule has 1 fully saturated rings. The normalized spacial score (nSPS) is 20.3. The van der Waals surface area contributed by atoms with Gasteiger partial charge in [-0.2, -0.15) is 0 Å². The fourth-order valence-corrected chi connectivity index (χ4v) is 2.44. The van der Waals surface area contributed by atoms with Crippen LogP contribution in [0.5, 0.6) is 0 Å². The summed E-state index contributed by atoms with van der Waals surface area (Å²) < 4.78 is 1.03. The molecule has 2 nitrogen and oxygen atoms in total. The van der Waals surface area contributed by atoms with Crippen molar-refractivity contribution in [1.29, 1.82) is 0 Å². The molecule has 1 N–H and O–H groups in total. The van der Waals surface area contributed by atoms with Crippen LogP contribution in [0, 0.1) is 0 Å². The minimum Gasteiger partial charge on any atom is -0.310 e. The summed E-state index contributed by atoms with van der Waals surface area (Å²) in [6, 6.07) is 0. The van der Waals surface area contributed by atoms with Crippen molar-refractivity contribution in [3.63, 3.8) is 0 Å². The predicted octanol–water partition coefficient (Wildman–Crippen LogP) is 2.36. The van der Waals surface area contributed by atoms with Gasteiger partial charge in [-0.1, -0.05) is 35.4 Å². The van der Waals surface area contributed by atoms with Crippen LogP contribution >= 0.6 is 15.9 Å². The summed E-state index contributed by atoms with van der Waals surface area (Å²) in [5, 5.41) is 3.46. The second-order valence-electron chi connectivity index (χ2n) is 4.45. The number of halogens is 1. The zero-order valence-corrected chi connectivity index (χ0v) is 10.9. The number of hydrogen-bond acceptors (Lipinski definition) is 2. The van der Waals surface area contributed by atoms with Crippen LogP contribution in [0.2, 0.25) is 0 Å². The third-order valence-corrected chi connectivity index (χ3v) is 3.53. The van der Waals surface area contributed by atoms with Gasteiger partial charge in [0.15, 0.2) is 0 Å². The molecule has 0 aromatic rings. The van der Waals surface area contributed by atoms with Gasteiger partial charge in [0.1, 0.15) is 0 Å². The lowest BCUT2D eigenvalue weighted by Gasteiger charge is -2.36. The number of likely N-dealkylation sites (N-methyl/N-ethyl adjacent to an activating group) is 1. The topological polar surface area (TPSA) is 15.3 Å². The highest BCUT2D eigenvalue weighted by atomic mass is 79.9. The van der Waals surface area contributed by atoms with Crippen molar-refractivity contribution in [2.75, 3.05) is 27.2 Å². The molecule has 0 radical (unpaired) electrons. The van der Waals surface area contributed by atoms with Crippen molar-refractivity contribution in [3.8, 4) is 0 Å². The molecule has 1 aliphatic carbocycles. The fourth-order valence-electron chi connectivity index (χ4n) is 2.25. The van der Waals surface area contributed by atoms with Crippen molar-refractivity contribution < 1.29 is 0 Å². The quantitative estimate of drug-likeness (QED) is 0.817. The third-order valence-electron chi connectivity index (χ3n) is 3.25. The summed E-state index contributed by atoms with van der Waals surface area (Å²) in [6.45, 7) is 5.77. The zero-order valence-electron chi connectivity index (χ0n) is 9.27. The molecule has 0 aromatic heterocycles. The highest BCUT2D eigenvalue weighted by Gasteiger charge is 2.35. The Morgan fingerprint density at radius 1 is 1.43 bits per heavy atom. The maximum atomic E-state index is 3.83. The largest absolute Gasteiger partial charge is 0.310 e. The van der Waals surface area contributed by atoms with Crippen molar-refractivity contribution >= 4 is 15.9 Å². The van der Waals surface area contributed by atoms with Crippen LogP contribution in [0.1, 0.15) is 25.7 Å². The summed E-state index contributed by atoms with van der Waals surface area (Å²) in [4.78, 5) is 2.38. The molecule has 0 bridgehead atoms. The Bertz CT molecular complexity index is 195. The van der Waals surface area contributed by atoms with E-state index in [1.165, 1.54) is 25.7 Å². The Kier molecular flexibility index (Phi) is 4.61. The van der Waals surface area contributed by atoms with Crippen molar-refractivity contribution in [2.24, 2.45) is 0 Å². The molecule has 0 amide bonds. The van der Waals surface area contributed by atoms with E-state index in [2.05, 4.69) is 46.8 Å². The van der Waals surface area contributed by atoms with Gasteiger partial charge in [0.05, 0.1) is 0 Å². The molecule has 0 saturated heterocycles. The average Bonchev–Trinajstić information content (AvgIpc) is 2.53. The summed E-state index contributed by atoms with van der Waals surface area (Å²) >= 11 is 3.37. The fraction of sp³-hybridized carbons (Fsp3) is 0.818. The van der Waals surface area contributed by atoms with E-state index in [9.17, 15) is 0 Å². The van der Waals surface area contributed by atoms with Crippen molar-refractivity contribution in [3.05, 3.63) is 11.1 Å². The van der Waals surface area contributed by atoms with E-state index in [0.29, 0.717) is 5.54 Å². The van der Waals surface area contributed by atoms with Crippen LogP contribution in [-0.4, -0.2) is 37.6 Å². The van der Waals surface area contributed by atoms with E-state index in [-0.39, 0.29) is 0 Å². The van der Waals surface area contributed by atoms with Crippen LogP contribution in [0.3, 0.4) is 0 Å². The molecule has 0 spiro atoms. The number of rotatable bonds is 5. The van der Waals surface area contributed by atoms with E-state index in [4.69, 9.17) is 0 Å². The molecule has 1 aliphatic rings. The predicted molar refractivity (Wildman–Crippen MR) is 65.8 cm³/mol. The average molecular weight is 261 g/mol. The smallest absolute Gasteiger partial charge is 0.0328 e. The molecule has 0 aromatic carbocycles. The Balaban J connectivity index is 2.40. The first-order valence-corrected chi connectivity index (χ1v) is 6.07. The third kappa shape index (κ3) is 3.07. The lowest BCUT2D eigenvalue weighted by molar-refractivity contribution is 0.155. The van der Waals surface area contributed by atoms with E-state index in [1.807, 2.05) is 0 Å². The Morgan fingerprint density at radius 3 is 2.43 bits per heavy atom. The SMILES string of the molecule is C=C(Br)CNCC1(N(C)C)CCCC1. The number of hydrogen-bond donors (Lipinski definition) is 1. The van der Waals surface area contributed by atoms with Gasteiger partial charge >= 0.3 is 0 Å². The summed E-state index contributed by atoms with van der Waals surface area (Å²) in [5.74, 6) is 0. The first-order valence-electron chi connectivity index (χ1n) is 5.28. The molecule has 1 rings (SSSR count). The molecule has 0 aliphatic heterocycles. The van der Waals surface area contributed by atoms with Gasteiger partial charge in [-0.25, -0.2) is 0 Å². The second kappa shape index (κ2) is 5.29. The molecule has 3 heteroatoms. The molecule has 82 valence electrons. The minimum atomic E-state index is 0.391. The highest BCUT2D eigenvalue weighted by Crippen LogP contribution is 2.33. The van der Waals surface area contributed by atoms with Crippen LogP contribution in [0.15, 0.2) is 11.1 Å². The Labute approximate surface area is 95.9 Å². The highest BCUT2D eigenvalue weighted by molar-refractivity contribution is 9.11.